The molecule has 0 saturated carbocycles. The Bertz CT molecular complexity index is 1250. The smallest absolute Gasteiger partial charge is 0.264 e. The molecular formula is C24H25FN2O6S. The van der Waals surface area contributed by atoms with Crippen LogP contribution in [0, 0.1) is 5.82 Å². The fourth-order valence-electron chi connectivity index (χ4n) is 3.21. The van der Waals surface area contributed by atoms with Crippen molar-refractivity contribution in [2.75, 3.05) is 44.1 Å². The molecule has 0 N–H and O–H groups in total. The molecule has 8 nitrogen and oxygen atoms in total. The van der Waals surface area contributed by atoms with Gasteiger partial charge in [0.25, 0.3) is 10.0 Å². The molecule has 1 amide bonds. The Hall–Kier alpha value is -3.79. The van der Waals surface area contributed by atoms with Gasteiger partial charge in [-0.3, -0.25) is 9.10 Å². The molecule has 0 aliphatic rings. The van der Waals surface area contributed by atoms with Gasteiger partial charge in [-0.25, -0.2) is 12.8 Å². The first kappa shape index (κ1) is 24.8. The third-order valence-electron chi connectivity index (χ3n) is 5.17. The van der Waals surface area contributed by atoms with E-state index < -0.39 is 28.3 Å². The molecule has 3 aromatic carbocycles. The predicted molar refractivity (Wildman–Crippen MR) is 127 cm³/mol. The van der Waals surface area contributed by atoms with E-state index in [9.17, 15) is 17.6 Å². The van der Waals surface area contributed by atoms with Crippen LogP contribution in [0.3, 0.4) is 0 Å². The third-order valence-corrected chi connectivity index (χ3v) is 6.94. The molecule has 0 bridgehead atoms. The van der Waals surface area contributed by atoms with Crippen molar-refractivity contribution in [3.05, 3.63) is 72.5 Å². The lowest BCUT2D eigenvalue weighted by Gasteiger charge is -2.27. The van der Waals surface area contributed by atoms with E-state index in [1.165, 1.54) is 75.7 Å². The van der Waals surface area contributed by atoms with Crippen LogP contribution in [-0.2, 0) is 14.8 Å². The number of likely N-dealkylation sites (N-methyl/N-ethyl adjacent to an activating group) is 1. The maximum Gasteiger partial charge on any atom is 0.264 e. The van der Waals surface area contributed by atoms with Crippen LogP contribution in [0.5, 0.6) is 17.2 Å². The largest absolute Gasteiger partial charge is 0.497 e. The minimum absolute atomic E-state index is 0.0850. The number of rotatable bonds is 9. The summed E-state index contributed by atoms with van der Waals surface area (Å²) in [7, 11) is 1.63. The average molecular weight is 489 g/mol. The van der Waals surface area contributed by atoms with Crippen molar-refractivity contribution in [1.29, 1.82) is 0 Å². The lowest BCUT2D eigenvalue weighted by Crippen LogP contribution is -2.41. The first-order valence-corrected chi connectivity index (χ1v) is 11.6. The summed E-state index contributed by atoms with van der Waals surface area (Å²) >= 11 is 0. The highest BCUT2D eigenvalue weighted by atomic mass is 32.2. The molecule has 0 fully saturated rings. The summed E-state index contributed by atoms with van der Waals surface area (Å²) in [4.78, 5) is 14.3. The molecule has 180 valence electrons. The van der Waals surface area contributed by atoms with Gasteiger partial charge in [-0.05, 0) is 60.7 Å². The summed E-state index contributed by atoms with van der Waals surface area (Å²) in [6.07, 6.45) is 0. The standard InChI is InChI=1S/C24H25FN2O6S/c1-26(18-7-5-17(25)6-8-18)24(28)16-27(19-9-11-20(31-2)12-10-19)34(29,30)21-13-14-22(32-3)23(15-21)33-4/h5-15H,16H2,1-4H3. The van der Waals surface area contributed by atoms with Crippen molar-refractivity contribution in [3.63, 3.8) is 0 Å². The lowest BCUT2D eigenvalue weighted by atomic mass is 10.2. The normalized spacial score (nSPS) is 11.0. The van der Waals surface area contributed by atoms with E-state index in [4.69, 9.17) is 14.2 Å². The molecule has 0 radical (unpaired) electrons. The highest BCUT2D eigenvalue weighted by Crippen LogP contribution is 2.32. The maximum atomic E-state index is 13.7. The maximum absolute atomic E-state index is 13.7. The molecule has 3 rings (SSSR count). The molecule has 0 heterocycles. The Morgan fingerprint density at radius 1 is 0.824 bits per heavy atom. The van der Waals surface area contributed by atoms with Gasteiger partial charge in [0, 0.05) is 18.8 Å². The summed E-state index contributed by atoms with van der Waals surface area (Å²) in [5, 5.41) is 0. The van der Waals surface area contributed by atoms with Gasteiger partial charge < -0.3 is 19.1 Å². The van der Waals surface area contributed by atoms with Crippen molar-refractivity contribution >= 4 is 27.3 Å². The molecule has 34 heavy (non-hydrogen) atoms. The number of carbonyl (C=O) groups excluding carboxylic acids is 1. The van der Waals surface area contributed by atoms with E-state index in [1.807, 2.05) is 0 Å². The second-order valence-electron chi connectivity index (χ2n) is 7.16. The molecule has 0 aliphatic carbocycles. The van der Waals surface area contributed by atoms with Gasteiger partial charge in [0.2, 0.25) is 5.91 Å². The number of carbonyl (C=O) groups is 1. The van der Waals surface area contributed by atoms with Crippen molar-refractivity contribution in [2.24, 2.45) is 0 Å². The van der Waals surface area contributed by atoms with Gasteiger partial charge in [0.15, 0.2) is 11.5 Å². The van der Waals surface area contributed by atoms with Crippen molar-refractivity contribution in [2.45, 2.75) is 4.90 Å². The van der Waals surface area contributed by atoms with Crippen LogP contribution >= 0.6 is 0 Å². The molecule has 0 atom stereocenters. The summed E-state index contributed by atoms with van der Waals surface area (Å²) in [6.45, 7) is -0.503. The molecule has 0 saturated heterocycles. The second kappa shape index (κ2) is 10.4. The van der Waals surface area contributed by atoms with Crippen LogP contribution in [0.1, 0.15) is 0 Å². The fraction of sp³-hybridized carbons (Fsp3) is 0.208. The van der Waals surface area contributed by atoms with E-state index in [1.54, 1.807) is 24.3 Å². The van der Waals surface area contributed by atoms with Crippen molar-refractivity contribution < 1.29 is 31.8 Å². The minimum atomic E-state index is -4.20. The quantitative estimate of drug-likeness (QED) is 0.457. The number of nitrogens with zero attached hydrogens (tertiary/aromatic N) is 2. The SMILES string of the molecule is COc1ccc(N(CC(=O)N(C)c2ccc(F)cc2)S(=O)(=O)c2ccc(OC)c(OC)c2)cc1. The molecule has 10 heteroatoms. The van der Waals surface area contributed by atoms with E-state index in [0.717, 1.165) is 4.31 Å². The zero-order valence-corrected chi connectivity index (χ0v) is 20.0. The number of halogens is 1. The Balaban J connectivity index is 2.02. The number of benzene rings is 3. The fourth-order valence-corrected chi connectivity index (χ4v) is 4.64. The number of hydrogen-bond donors (Lipinski definition) is 0. The number of ether oxygens (including phenoxy) is 3. The van der Waals surface area contributed by atoms with E-state index in [2.05, 4.69) is 0 Å². The summed E-state index contributed by atoms with van der Waals surface area (Å²) in [5.74, 6) is 0.159. The van der Waals surface area contributed by atoms with Gasteiger partial charge >= 0.3 is 0 Å². The monoisotopic (exact) mass is 488 g/mol. The zero-order chi connectivity index (χ0) is 24.9. The van der Waals surface area contributed by atoms with Crippen molar-refractivity contribution in [1.82, 2.24) is 0 Å². The summed E-state index contributed by atoms with van der Waals surface area (Å²) in [5.41, 5.74) is 0.682. The van der Waals surface area contributed by atoms with Crippen LogP contribution < -0.4 is 23.4 Å². The molecule has 0 aliphatic heterocycles. The Labute approximate surface area is 198 Å². The second-order valence-corrected chi connectivity index (χ2v) is 9.02. The molecule has 0 spiro atoms. The zero-order valence-electron chi connectivity index (χ0n) is 19.2. The molecule has 3 aromatic rings. The lowest BCUT2D eigenvalue weighted by molar-refractivity contribution is -0.116. The number of amides is 1. The van der Waals surface area contributed by atoms with Crippen molar-refractivity contribution in [3.8, 4) is 17.2 Å². The number of hydrogen-bond acceptors (Lipinski definition) is 6. The summed E-state index contributed by atoms with van der Waals surface area (Å²) < 4.78 is 57.2. The van der Waals surface area contributed by atoms with Gasteiger partial charge in [-0.15, -0.1) is 0 Å². The number of methoxy groups -OCH3 is 3. The topological polar surface area (TPSA) is 85.4 Å². The van der Waals surface area contributed by atoms with Gasteiger partial charge in [0.05, 0.1) is 31.9 Å². The highest BCUT2D eigenvalue weighted by Gasteiger charge is 2.29. The Kier molecular flexibility index (Phi) is 7.62. The van der Waals surface area contributed by atoms with E-state index >= 15 is 0 Å². The van der Waals surface area contributed by atoms with E-state index in [-0.39, 0.29) is 16.3 Å². The van der Waals surface area contributed by atoms with Gasteiger partial charge in [-0.2, -0.15) is 0 Å². The predicted octanol–water partition coefficient (Wildman–Crippen LogP) is 3.71. The molecule has 0 aromatic heterocycles. The Morgan fingerprint density at radius 2 is 1.41 bits per heavy atom. The Morgan fingerprint density at radius 3 is 1.97 bits per heavy atom. The van der Waals surface area contributed by atoms with Crippen LogP contribution in [0.4, 0.5) is 15.8 Å². The average Bonchev–Trinajstić information content (AvgIpc) is 2.86. The third kappa shape index (κ3) is 5.23. The van der Waals surface area contributed by atoms with Crippen LogP contribution in [-0.4, -0.2) is 49.2 Å². The van der Waals surface area contributed by atoms with Gasteiger partial charge in [-0.1, -0.05) is 0 Å². The number of anilines is 2. The first-order valence-electron chi connectivity index (χ1n) is 10.1. The summed E-state index contributed by atoms with van der Waals surface area (Å²) in [6, 6.07) is 15.8. The minimum Gasteiger partial charge on any atom is -0.497 e. The highest BCUT2D eigenvalue weighted by molar-refractivity contribution is 7.92. The first-order chi connectivity index (χ1) is 16.2. The van der Waals surface area contributed by atoms with Crippen LogP contribution in [0.25, 0.3) is 0 Å². The van der Waals surface area contributed by atoms with Crippen LogP contribution in [0.2, 0.25) is 0 Å². The van der Waals surface area contributed by atoms with E-state index in [0.29, 0.717) is 17.2 Å². The van der Waals surface area contributed by atoms with Gasteiger partial charge in [0.1, 0.15) is 18.1 Å². The molecule has 0 unspecified atom stereocenters. The van der Waals surface area contributed by atoms with Crippen LogP contribution in [0.15, 0.2) is 71.6 Å². The molecular weight excluding hydrogens is 463 g/mol. The number of sulfonamides is 1.